The van der Waals surface area contributed by atoms with Crippen LogP contribution >= 0.6 is 0 Å². The van der Waals surface area contributed by atoms with Crippen molar-refractivity contribution in [1.82, 2.24) is 0 Å². The average molecular weight is 326 g/mol. The maximum atomic E-state index is 6.43. The van der Waals surface area contributed by atoms with E-state index in [-0.39, 0.29) is 28.5 Å². The quantitative estimate of drug-likeness (QED) is 0.519. The third-order valence-electron chi connectivity index (χ3n) is 5.76. The first-order chi connectivity index (χ1) is 10.1. The summed E-state index contributed by atoms with van der Waals surface area (Å²) in [5.41, 5.74) is 0.104. The minimum absolute atomic E-state index is 0.0265. The normalized spacial score (nSPS) is 19.0. The molecule has 0 aromatic heterocycles. The fourth-order valence-electron chi connectivity index (χ4n) is 2.71. The van der Waals surface area contributed by atoms with E-state index in [1.807, 2.05) is 0 Å². The number of ether oxygens (including phenoxy) is 2. The SMILES string of the molecule is BC(C)(C(C)OCC(C)(C)C(C)C)C(C)OC(C)(C)CC(C)C. The summed E-state index contributed by atoms with van der Waals surface area (Å²) in [4.78, 5) is 0. The highest BCUT2D eigenvalue weighted by Crippen LogP contribution is 2.38. The molecule has 0 aliphatic heterocycles. The standard InChI is InChI=1S/C20H43BO2/c1-14(2)12-19(9,10)23-17(6)20(11,21)16(5)22-13-18(7,8)15(3)4/h14-17H,12-13,21H2,1-11H3. The molecule has 0 saturated carbocycles. The summed E-state index contributed by atoms with van der Waals surface area (Å²) >= 11 is 0. The Morgan fingerprint density at radius 1 is 0.826 bits per heavy atom. The van der Waals surface area contributed by atoms with Crippen LogP contribution in [0.1, 0.15) is 82.6 Å². The van der Waals surface area contributed by atoms with E-state index in [1.54, 1.807) is 0 Å². The number of hydrogen-bond donors (Lipinski definition) is 0. The van der Waals surface area contributed by atoms with Gasteiger partial charge in [-0.2, -0.15) is 0 Å². The highest BCUT2D eigenvalue weighted by atomic mass is 16.5. The second-order valence-corrected chi connectivity index (χ2v) is 10.0. The fraction of sp³-hybridized carbons (Fsp3) is 1.00. The molecule has 0 radical (unpaired) electrons. The summed E-state index contributed by atoms with van der Waals surface area (Å²) in [6, 6.07) is 0. The van der Waals surface area contributed by atoms with Crippen molar-refractivity contribution in [2.45, 2.75) is 106 Å². The Bertz CT molecular complexity index is 346. The Kier molecular flexibility index (Phi) is 8.38. The van der Waals surface area contributed by atoms with Gasteiger partial charge in [0.15, 0.2) is 0 Å². The van der Waals surface area contributed by atoms with Crippen LogP contribution in [0, 0.1) is 17.3 Å². The smallest absolute Gasteiger partial charge is 0.115 e. The maximum absolute atomic E-state index is 6.43. The lowest BCUT2D eigenvalue weighted by Gasteiger charge is -2.43. The Morgan fingerprint density at radius 3 is 1.70 bits per heavy atom. The monoisotopic (exact) mass is 326 g/mol. The lowest BCUT2D eigenvalue weighted by atomic mass is 9.63. The molecular weight excluding hydrogens is 283 g/mol. The van der Waals surface area contributed by atoms with Gasteiger partial charge in [-0.25, -0.2) is 0 Å². The predicted molar refractivity (Wildman–Crippen MR) is 105 cm³/mol. The molecule has 3 heteroatoms. The van der Waals surface area contributed by atoms with Gasteiger partial charge in [0.25, 0.3) is 0 Å². The van der Waals surface area contributed by atoms with Crippen LogP contribution in [0.5, 0.6) is 0 Å². The van der Waals surface area contributed by atoms with Crippen LogP contribution in [-0.4, -0.2) is 32.3 Å². The third-order valence-corrected chi connectivity index (χ3v) is 5.76. The van der Waals surface area contributed by atoms with Crippen molar-refractivity contribution in [3.63, 3.8) is 0 Å². The van der Waals surface area contributed by atoms with Gasteiger partial charge in [-0.05, 0) is 56.7 Å². The van der Waals surface area contributed by atoms with Gasteiger partial charge >= 0.3 is 0 Å². The zero-order valence-corrected chi connectivity index (χ0v) is 18.0. The van der Waals surface area contributed by atoms with Gasteiger partial charge in [-0.3, -0.25) is 0 Å². The van der Waals surface area contributed by atoms with Crippen LogP contribution in [-0.2, 0) is 9.47 Å². The van der Waals surface area contributed by atoms with Crippen molar-refractivity contribution >= 4 is 7.85 Å². The second kappa shape index (κ2) is 8.38. The Balaban J connectivity index is 4.76. The number of rotatable bonds is 10. The van der Waals surface area contributed by atoms with E-state index in [9.17, 15) is 0 Å². The van der Waals surface area contributed by atoms with Crippen molar-refractivity contribution < 1.29 is 9.47 Å². The second-order valence-electron chi connectivity index (χ2n) is 10.0. The van der Waals surface area contributed by atoms with Crippen molar-refractivity contribution in [1.29, 1.82) is 0 Å². The van der Waals surface area contributed by atoms with E-state index in [0.717, 1.165) is 13.0 Å². The van der Waals surface area contributed by atoms with Gasteiger partial charge in [-0.1, -0.05) is 48.5 Å². The van der Waals surface area contributed by atoms with Crippen molar-refractivity contribution in [3.05, 3.63) is 0 Å². The number of hydrogen-bond acceptors (Lipinski definition) is 2. The van der Waals surface area contributed by atoms with Crippen molar-refractivity contribution in [3.8, 4) is 0 Å². The first-order valence-corrected chi connectivity index (χ1v) is 9.41. The minimum atomic E-state index is -0.0955. The van der Waals surface area contributed by atoms with E-state index in [4.69, 9.17) is 9.47 Å². The summed E-state index contributed by atoms with van der Waals surface area (Å²) < 4.78 is 12.7. The van der Waals surface area contributed by atoms with Crippen LogP contribution in [0.15, 0.2) is 0 Å². The Labute approximate surface area is 147 Å². The molecule has 0 N–H and O–H groups in total. The topological polar surface area (TPSA) is 18.5 Å². The van der Waals surface area contributed by atoms with Gasteiger partial charge in [0, 0.05) is 0 Å². The van der Waals surface area contributed by atoms with Crippen LogP contribution in [0.3, 0.4) is 0 Å². The van der Waals surface area contributed by atoms with Crippen LogP contribution < -0.4 is 0 Å². The third kappa shape index (κ3) is 7.60. The summed E-state index contributed by atoms with van der Waals surface area (Å²) in [5, 5.41) is -0.0265. The van der Waals surface area contributed by atoms with Gasteiger partial charge in [0.1, 0.15) is 7.85 Å². The van der Waals surface area contributed by atoms with Crippen LogP contribution in [0.25, 0.3) is 0 Å². The molecule has 0 spiro atoms. The maximum Gasteiger partial charge on any atom is 0.115 e. The molecule has 0 amide bonds. The summed E-state index contributed by atoms with van der Waals surface area (Å²) in [6.45, 7) is 25.4. The van der Waals surface area contributed by atoms with Crippen LogP contribution in [0.2, 0.25) is 5.31 Å². The Morgan fingerprint density at radius 2 is 1.30 bits per heavy atom. The molecule has 0 aromatic rings. The van der Waals surface area contributed by atoms with E-state index in [2.05, 4.69) is 84.0 Å². The Hall–Kier alpha value is -0.0151. The fourth-order valence-corrected chi connectivity index (χ4v) is 2.71. The van der Waals surface area contributed by atoms with Gasteiger partial charge in [-0.15, -0.1) is 0 Å². The molecule has 138 valence electrons. The molecule has 0 heterocycles. The molecule has 2 nitrogen and oxygen atoms in total. The molecular formula is C20H43BO2. The molecule has 3 atom stereocenters. The van der Waals surface area contributed by atoms with Crippen molar-refractivity contribution in [2.24, 2.45) is 17.3 Å². The molecule has 0 aliphatic carbocycles. The molecule has 0 fully saturated rings. The molecule has 0 bridgehead atoms. The lowest BCUT2D eigenvalue weighted by Crippen LogP contribution is -2.43. The van der Waals surface area contributed by atoms with E-state index in [1.165, 1.54) is 0 Å². The average Bonchev–Trinajstić information content (AvgIpc) is 2.33. The molecule has 0 aromatic carbocycles. The lowest BCUT2D eigenvalue weighted by molar-refractivity contribution is -0.118. The first kappa shape index (κ1) is 23.0. The molecule has 0 aliphatic rings. The molecule has 23 heavy (non-hydrogen) atoms. The van der Waals surface area contributed by atoms with Gasteiger partial charge < -0.3 is 9.47 Å². The largest absolute Gasteiger partial charge is 0.378 e. The predicted octanol–water partition coefficient (Wildman–Crippen LogP) is 5.12. The summed E-state index contributed by atoms with van der Waals surface area (Å²) in [7, 11) is 2.26. The van der Waals surface area contributed by atoms with Gasteiger partial charge in [0.05, 0.1) is 24.4 Å². The highest BCUT2D eigenvalue weighted by molar-refractivity contribution is 6.15. The zero-order valence-electron chi connectivity index (χ0n) is 18.0. The van der Waals surface area contributed by atoms with Gasteiger partial charge in [0.2, 0.25) is 0 Å². The summed E-state index contributed by atoms with van der Waals surface area (Å²) in [5.74, 6) is 1.25. The van der Waals surface area contributed by atoms with E-state index in [0.29, 0.717) is 11.8 Å². The minimum Gasteiger partial charge on any atom is -0.378 e. The highest BCUT2D eigenvalue weighted by Gasteiger charge is 2.38. The zero-order chi connectivity index (χ0) is 18.6. The van der Waals surface area contributed by atoms with Crippen molar-refractivity contribution in [2.75, 3.05) is 6.61 Å². The summed E-state index contributed by atoms with van der Waals surface area (Å²) in [6.07, 6.45) is 1.38. The molecule has 3 unspecified atom stereocenters. The molecule has 0 rings (SSSR count). The van der Waals surface area contributed by atoms with Crippen LogP contribution in [0.4, 0.5) is 0 Å². The van der Waals surface area contributed by atoms with E-state index < -0.39 is 0 Å². The molecule has 0 saturated heterocycles. The van der Waals surface area contributed by atoms with E-state index >= 15 is 0 Å². The first-order valence-electron chi connectivity index (χ1n) is 9.41.